The lowest BCUT2D eigenvalue weighted by Crippen LogP contribution is -2.31. The van der Waals surface area contributed by atoms with Crippen molar-refractivity contribution >= 4 is 28.5 Å². The van der Waals surface area contributed by atoms with Crippen molar-refractivity contribution in [1.29, 1.82) is 0 Å². The van der Waals surface area contributed by atoms with Crippen molar-refractivity contribution in [2.45, 2.75) is 25.3 Å². The third kappa shape index (κ3) is 3.09. The van der Waals surface area contributed by atoms with E-state index in [0.717, 1.165) is 28.4 Å². The van der Waals surface area contributed by atoms with E-state index in [9.17, 15) is 4.79 Å². The lowest BCUT2D eigenvalue weighted by Gasteiger charge is -2.24. The average Bonchev–Trinajstić information content (AvgIpc) is 2.97. The number of nitrogens with one attached hydrogen (secondary N) is 1. The lowest BCUT2D eigenvalue weighted by atomic mass is 9.92. The molecule has 0 saturated heterocycles. The standard InChI is InChI=1S/C17H20IN3O3/c1-21-14-6-4-5-13(11(14)9-19-21)20-17(22)10-7-15(23-2)16(24-3)8-12(10)18/h7-9,13H,4-6H2,1-3H3,(H,20,22). The van der Waals surface area contributed by atoms with Crippen molar-refractivity contribution in [2.24, 2.45) is 7.05 Å². The molecule has 1 aromatic heterocycles. The number of methoxy groups -OCH3 is 2. The zero-order valence-corrected chi connectivity index (χ0v) is 16.1. The van der Waals surface area contributed by atoms with Gasteiger partial charge in [-0.2, -0.15) is 5.10 Å². The van der Waals surface area contributed by atoms with E-state index in [2.05, 4.69) is 33.0 Å². The molecule has 0 saturated carbocycles. The number of amides is 1. The quantitative estimate of drug-likeness (QED) is 0.742. The maximum atomic E-state index is 12.8. The summed E-state index contributed by atoms with van der Waals surface area (Å²) >= 11 is 2.14. The first-order valence-electron chi connectivity index (χ1n) is 7.78. The van der Waals surface area contributed by atoms with E-state index in [1.807, 2.05) is 24.0 Å². The molecule has 7 heteroatoms. The highest BCUT2D eigenvalue weighted by molar-refractivity contribution is 14.1. The van der Waals surface area contributed by atoms with Crippen LogP contribution < -0.4 is 14.8 Å². The predicted molar refractivity (Wildman–Crippen MR) is 98.6 cm³/mol. The summed E-state index contributed by atoms with van der Waals surface area (Å²) in [5.74, 6) is 1.06. The molecule has 0 radical (unpaired) electrons. The molecule has 0 aliphatic heterocycles. The summed E-state index contributed by atoms with van der Waals surface area (Å²) in [5, 5.41) is 7.46. The first kappa shape index (κ1) is 17.1. The zero-order valence-electron chi connectivity index (χ0n) is 13.9. The summed E-state index contributed by atoms with van der Waals surface area (Å²) in [6.07, 6.45) is 4.83. The number of aromatic nitrogens is 2. The fourth-order valence-corrected chi connectivity index (χ4v) is 3.80. The lowest BCUT2D eigenvalue weighted by molar-refractivity contribution is 0.0931. The largest absolute Gasteiger partial charge is 0.493 e. The summed E-state index contributed by atoms with van der Waals surface area (Å²) in [7, 11) is 5.09. The van der Waals surface area contributed by atoms with Gasteiger partial charge in [0, 0.05) is 21.9 Å². The van der Waals surface area contributed by atoms with Gasteiger partial charge >= 0.3 is 0 Å². The third-order valence-corrected chi connectivity index (χ3v) is 5.29. The molecule has 1 N–H and O–H groups in total. The molecule has 1 heterocycles. The van der Waals surface area contributed by atoms with Crippen LogP contribution in [0.1, 0.15) is 40.5 Å². The van der Waals surface area contributed by atoms with Crippen LogP contribution >= 0.6 is 22.6 Å². The monoisotopic (exact) mass is 441 g/mol. The minimum absolute atomic E-state index is 0.00107. The van der Waals surface area contributed by atoms with Crippen LogP contribution in [0.3, 0.4) is 0 Å². The number of hydrogen-bond donors (Lipinski definition) is 1. The van der Waals surface area contributed by atoms with Gasteiger partial charge in [0.2, 0.25) is 0 Å². The molecule has 1 aliphatic carbocycles. The zero-order chi connectivity index (χ0) is 17.3. The molecule has 0 spiro atoms. The SMILES string of the molecule is COc1cc(I)c(C(=O)NC2CCCc3c2cnn3C)cc1OC. The second-order valence-corrected chi connectivity index (χ2v) is 6.94. The molecule has 1 aromatic carbocycles. The van der Waals surface area contributed by atoms with Crippen LogP contribution in [0.2, 0.25) is 0 Å². The van der Waals surface area contributed by atoms with Crippen LogP contribution in [0.15, 0.2) is 18.3 Å². The van der Waals surface area contributed by atoms with Gasteiger partial charge in [0.05, 0.1) is 32.0 Å². The van der Waals surface area contributed by atoms with Crippen molar-refractivity contribution in [3.05, 3.63) is 38.7 Å². The Labute approximate surface area is 154 Å². The Balaban J connectivity index is 1.86. The smallest absolute Gasteiger partial charge is 0.252 e. The molecule has 3 rings (SSSR count). The van der Waals surface area contributed by atoms with E-state index in [4.69, 9.17) is 9.47 Å². The molecule has 1 aliphatic rings. The number of fused-ring (bicyclic) bond motifs is 1. The van der Waals surface area contributed by atoms with E-state index in [1.54, 1.807) is 20.3 Å². The molecule has 1 atom stereocenters. The van der Waals surface area contributed by atoms with Gasteiger partial charge in [-0.25, -0.2) is 0 Å². The number of carbonyl (C=O) groups excluding carboxylic acids is 1. The number of carbonyl (C=O) groups is 1. The van der Waals surface area contributed by atoms with E-state index >= 15 is 0 Å². The topological polar surface area (TPSA) is 65.4 Å². The molecule has 1 amide bonds. The Morgan fingerprint density at radius 1 is 1.33 bits per heavy atom. The molecule has 24 heavy (non-hydrogen) atoms. The van der Waals surface area contributed by atoms with Gasteiger partial charge in [0.25, 0.3) is 5.91 Å². The summed E-state index contributed by atoms with van der Waals surface area (Å²) in [6.45, 7) is 0. The van der Waals surface area contributed by atoms with Crippen molar-refractivity contribution in [3.8, 4) is 11.5 Å². The number of ether oxygens (including phenoxy) is 2. The van der Waals surface area contributed by atoms with E-state index in [1.165, 1.54) is 5.69 Å². The number of halogens is 1. The average molecular weight is 441 g/mol. The van der Waals surface area contributed by atoms with Crippen LogP contribution in [-0.4, -0.2) is 29.9 Å². The van der Waals surface area contributed by atoms with Gasteiger partial charge in [-0.3, -0.25) is 9.48 Å². The van der Waals surface area contributed by atoms with Crippen molar-refractivity contribution in [2.75, 3.05) is 14.2 Å². The molecule has 6 nitrogen and oxygen atoms in total. The molecule has 1 unspecified atom stereocenters. The highest BCUT2D eigenvalue weighted by Crippen LogP contribution is 2.33. The third-order valence-electron chi connectivity index (χ3n) is 4.40. The van der Waals surface area contributed by atoms with Crippen molar-refractivity contribution in [1.82, 2.24) is 15.1 Å². The highest BCUT2D eigenvalue weighted by atomic mass is 127. The summed E-state index contributed by atoms with van der Waals surface area (Å²) in [4.78, 5) is 12.8. The van der Waals surface area contributed by atoms with Crippen LogP contribution in [0.5, 0.6) is 11.5 Å². The number of benzene rings is 1. The van der Waals surface area contributed by atoms with E-state index < -0.39 is 0 Å². The maximum absolute atomic E-state index is 12.8. The van der Waals surface area contributed by atoms with Crippen molar-refractivity contribution in [3.63, 3.8) is 0 Å². The normalized spacial score (nSPS) is 16.4. The molecule has 0 fully saturated rings. The van der Waals surface area contributed by atoms with Gasteiger partial charge in [-0.15, -0.1) is 0 Å². The Bertz CT molecular complexity index is 773. The number of nitrogens with zero attached hydrogens (tertiary/aromatic N) is 2. The van der Waals surface area contributed by atoms with Gasteiger partial charge in [0.15, 0.2) is 11.5 Å². The Kier molecular flexibility index (Phi) is 4.98. The van der Waals surface area contributed by atoms with Crippen LogP contribution in [0.25, 0.3) is 0 Å². The number of rotatable bonds is 4. The second-order valence-electron chi connectivity index (χ2n) is 5.78. The molecule has 0 bridgehead atoms. The van der Waals surface area contributed by atoms with E-state index in [0.29, 0.717) is 17.1 Å². The Morgan fingerprint density at radius 3 is 2.75 bits per heavy atom. The fourth-order valence-electron chi connectivity index (χ4n) is 3.12. The maximum Gasteiger partial charge on any atom is 0.252 e. The van der Waals surface area contributed by atoms with Crippen molar-refractivity contribution < 1.29 is 14.3 Å². The van der Waals surface area contributed by atoms with Gasteiger partial charge in [-0.05, 0) is 54.0 Å². The van der Waals surface area contributed by atoms with Gasteiger partial charge < -0.3 is 14.8 Å². The highest BCUT2D eigenvalue weighted by Gasteiger charge is 2.26. The first-order valence-corrected chi connectivity index (χ1v) is 8.86. The predicted octanol–water partition coefficient (Wildman–Crippen LogP) is 2.85. The fraction of sp³-hybridized carbons (Fsp3) is 0.412. The molecular formula is C17H20IN3O3. The van der Waals surface area contributed by atoms with Crippen LogP contribution in [0, 0.1) is 3.57 Å². The minimum atomic E-state index is -0.109. The Hall–Kier alpha value is -1.77. The molecule has 128 valence electrons. The number of hydrogen-bond acceptors (Lipinski definition) is 4. The molecule has 2 aromatic rings. The van der Waals surface area contributed by atoms with Gasteiger partial charge in [-0.1, -0.05) is 0 Å². The second kappa shape index (κ2) is 7.00. The summed E-state index contributed by atoms with van der Waals surface area (Å²) in [5.41, 5.74) is 2.91. The summed E-state index contributed by atoms with van der Waals surface area (Å²) < 4.78 is 13.3. The van der Waals surface area contributed by atoms with E-state index in [-0.39, 0.29) is 11.9 Å². The molecular weight excluding hydrogens is 421 g/mol. The number of aryl methyl sites for hydroxylation is 1. The summed E-state index contributed by atoms with van der Waals surface area (Å²) in [6, 6.07) is 3.53. The van der Waals surface area contributed by atoms with Crippen LogP contribution in [0.4, 0.5) is 0 Å². The van der Waals surface area contributed by atoms with Gasteiger partial charge in [0.1, 0.15) is 0 Å². The first-order chi connectivity index (χ1) is 11.5. The minimum Gasteiger partial charge on any atom is -0.493 e. The van der Waals surface area contributed by atoms with Crippen LogP contribution in [-0.2, 0) is 13.5 Å². The Morgan fingerprint density at radius 2 is 2.04 bits per heavy atom.